The van der Waals surface area contributed by atoms with Gasteiger partial charge < -0.3 is 10.6 Å². The first-order valence-electron chi connectivity index (χ1n) is 8.34. The smallest absolute Gasteiger partial charge is 0.251 e. The van der Waals surface area contributed by atoms with E-state index in [-0.39, 0.29) is 5.91 Å². The van der Waals surface area contributed by atoms with Crippen molar-refractivity contribution >= 4 is 11.6 Å². The fraction of sp³-hybridized carbons (Fsp3) is 0.611. The van der Waals surface area contributed by atoms with Crippen LogP contribution in [0.2, 0.25) is 0 Å². The number of benzene rings is 1. The maximum absolute atomic E-state index is 12.5. The topological polar surface area (TPSA) is 41.1 Å². The first-order valence-corrected chi connectivity index (χ1v) is 8.34. The fourth-order valence-electron chi connectivity index (χ4n) is 3.03. The number of rotatable bonds is 7. The molecule has 2 saturated carbocycles. The molecular formula is C18H26N2O. The SMILES string of the molecule is CCCNc1ccc(C(=O)NC(C2CC2)C2CC2)cc1C. The molecule has 1 amide bonds. The third kappa shape index (κ3) is 3.58. The number of amides is 1. The van der Waals surface area contributed by atoms with Crippen molar-refractivity contribution in [2.24, 2.45) is 11.8 Å². The Morgan fingerprint density at radius 3 is 2.43 bits per heavy atom. The van der Waals surface area contributed by atoms with Crippen LogP contribution in [0.4, 0.5) is 5.69 Å². The second-order valence-corrected chi connectivity index (χ2v) is 6.63. The van der Waals surface area contributed by atoms with Crippen molar-refractivity contribution in [2.45, 2.75) is 52.0 Å². The summed E-state index contributed by atoms with van der Waals surface area (Å²) in [6.45, 7) is 5.19. The number of hydrogen-bond acceptors (Lipinski definition) is 2. The molecule has 0 aromatic heterocycles. The van der Waals surface area contributed by atoms with Gasteiger partial charge in [0.25, 0.3) is 5.91 Å². The lowest BCUT2D eigenvalue weighted by Gasteiger charge is -2.18. The van der Waals surface area contributed by atoms with E-state index in [1.807, 2.05) is 18.2 Å². The normalized spacial score (nSPS) is 17.9. The van der Waals surface area contributed by atoms with E-state index < -0.39 is 0 Å². The monoisotopic (exact) mass is 286 g/mol. The van der Waals surface area contributed by atoms with Gasteiger partial charge in [-0.05, 0) is 74.6 Å². The van der Waals surface area contributed by atoms with E-state index in [1.54, 1.807) is 0 Å². The van der Waals surface area contributed by atoms with E-state index in [4.69, 9.17) is 0 Å². The van der Waals surface area contributed by atoms with E-state index in [9.17, 15) is 4.79 Å². The minimum absolute atomic E-state index is 0.101. The van der Waals surface area contributed by atoms with Crippen LogP contribution in [0.5, 0.6) is 0 Å². The van der Waals surface area contributed by atoms with Crippen LogP contribution in [0.25, 0.3) is 0 Å². The van der Waals surface area contributed by atoms with Crippen molar-refractivity contribution < 1.29 is 4.79 Å². The van der Waals surface area contributed by atoms with Gasteiger partial charge in [0.05, 0.1) is 0 Å². The number of hydrogen-bond donors (Lipinski definition) is 2. The molecule has 3 rings (SSSR count). The first kappa shape index (κ1) is 14.4. The fourth-order valence-corrected chi connectivity index (χ4v) is 3.03. The predicted molar refractivity (Wildman–Crippen MR) is 86.7 cm³/mol. The quantitative estimate of drug-likeness (QED) is 0.802. The molecule has 3 heteroatoms. The van der Waals surface area contributed by atoms with E-state index in [0.29, 0.717) is 6.04 Å². The molecule has 3 nitrogen and oxygen atoms in total. The third-order valence-corrected chi connectivity index (χ3v) is 4.61. The number of nitrogens with one attached hydrogen (secondary N) is 2. The number of anilines is 1. The summed E-state index contributed by atoms with van der Waals surface area (Å²) in [6, 6.07) is 6.40. The van der Waals surface area contributed by atoms with Crippen LogP contribution in [0.1, 0.15) is 54.9 Å². The lowest BCUT2D eigenvalue weighted by molar-refractivity contribution is 0.0926. The molecule has 0 bridgehead atoms. The molecule has 1 aromatic carbocycles. The first-order chi connectivity index (χ1) is 10.2. The molecule has 2 aliphatic rings. The highest BCUT2D eigenvalue weighted by Crippen LogP contribution is 2.44. The summed E-state index contributed by atoms with van der Waals surface area (Å²) < 4.78 is 0. The molecule has 2 aliphatic carbocycles. The Kier molecular flexibility index (Phi) is 4.18. The van der Waals surface area contributed by atoms with Crippen molar-refractivity contribution in [1.82, 2.24) is 5.32 Å². The highest BCUT2D eigenvalue weighted by Gasteiger charge is 2.42. The van der Waals surface area contributed by atoms with E-state index in [1.165, 1.54) is 25.7 Å². The molecule has 0 heterocycles. The maximum atomic E-state index is 12.5. The Morgan fingerprint density at radius 1 is 1.24 bits per heavy atom. The lowest BCUT2D eigenvalue weighted by atomic mass is 10.1. The van der Waals surface area contributed by atoms with Crippen LogP contribution < -0.4 is 10.6 Å². The Hall–Kier alpha value is -1.51. The van der Waals surface area contributed by atoms with Crippen LogP contribution in [0, 0.1) is 18.8 Å². The van der Waals surface area contributed by atoms with Gasteiger partial charge in [0, 0.05) is 23.8 Å². The average Bonchev–Trinajstić information content (AvgIpc) is 3.36. The van der Waals surface area contributed by atoms with Crippen LogP contribution in [0.3, 0.4) is 0 Å². The van der Waals surface area contributed by atoms with Crippen LogP contribution in [0.15, 0.2) is 18.2 Å². The van der Waals surface area contributed by atoms with Crippen molar-refractivity contribution in [3.05, 3.63) is 29.3 Å². The summed E-state index contributed by atoms with van der Waals surface area (Å²) in [7, 11) is 0. The number of carbonyl (C=O) groups is 1. The summed E-state index contributed by atoms with van der Waals surface area (Å²) in [4.78, 5) is 12.5. The summed E-state index contributed by atoms with van der Waals surface area (Å²) in [5.41, 5.74) is 3.07. The number of aryl methyl sites for hydroxylation is 1. The molecule has 0 unspecified atom stereocenters. The average molecular weight is 286 g/mol. The Balaban J connectivity index is 1.65. The van der Waals surface area contributed by atoms with Gasteiger partial charge in [-0.3, -0.25) is 4.79 Å². The largest absolute Gasteiger partial charge is 0.385 e. The molecule has 21 heavy (non-hydrogen) atoms. The van der Waals surface area contributed by atoms with Gasteiger partial charge in [-0.2, -0.15) is 0 Å². The molecule has 0 saturated heterocycles. The van der Waals surface area contributed by atoms with Crippen molar-refractivity contribution in [1.29, 1.82) is 0 Å². The zero-order chi connectivity index (χ0) is 14.8. The van der Waals surface area contributed by atoms with Gasteiger partial charge in [0.1, 0.15) is 0 Å². The summed E-state index contributed by atoms with van der Waals surface area (Å²) in [6.07, 6.45) is 6.27. The lowest BCUT2D eigenvalue weighted by Crippen LogP contribution is -2.38. The van der Waals surface area contributed by atoms with Gasteiger partial charge in [0.2, 0.25) is 0 Å². The van der Waals surface area contributed by atoms with Crippen LogP contribution in [-0.4, -0.2) is 18.5 Å². The molecule has 0 spiro atoms. The molecule has 0 radical (unpaired) electrons. The molecular weight excluding hydrogens is 260 g/mol. The second kappa shape index (κ2) is 6.08. The van der Waals surface area contributed by atoms with Crippen molar-refractivity contribution in [3.8, 4) is 0 Å². The Morgan fingerprint density at radius 2 is 1.90 bits per heavy atom. The highest BCUT2D eigenvalue weighted by atomic mass is 16.1. The molecule has 2 N–H and O–H groups in total. The Labute approximate surface area is 127 Å². The molecule has 1 aromatic rings. The number of carbonyl (C=O) groups excluding carboxylic acids is 1. The zero-order valence-corrected chi connectivity index (χ0v) is 13.1. The third-order valence-electron chi connectivity index (χ3n) is 4.61. The minimum atomic E-state index is 0.101. The zero-order valence-electron chi connectivity index (χ0n) is 13.1. The van der Waals surface area contributed by atoms with Crippen LogP contribution >= 0.6 is 0 Å². The van der Waals surface area contributed by atoms with Gasteiger partial charge >= 0.3 is 0 Å². The summed E-state index contributed by atoms with van der Waals surface area (Å²) >= 11 is 0. The Bertz CT molecular complexity index is 506. The summed E-state index contributed by atoms with van der Waals surface area (Å²) in [5, 5.41) is 6.68. The standard InChI is InChI=1S/C18H26N2O/c1-3-10-19-16-9-8-15(11-12(16)2)18(21)20-17(13-4-5-13)14-6-7-14/h8-9,11,13-14,17,19H,3-7,10H2,1-2H3,(H,20,21). The van der Waals surface area contributed by atoms with Crippen LogP contribution in [-0.2, 0) is 0 Å². The molecule has 0 aliphatic heterocycles. The minimum Gasteiger partial charge on any atom is -0.385 e. The highest BCUT2D eigenvalue weighted by molar-refractivity contribution is 5.95. The second-order valence-electron chi connectivity index (χ2n) is 6.63. The molecule has 0 atom stereocenters. The van der Waals surface area contributed by atoms with Gasteiger partial charge in [-0.25, -0.2) is 0 Å². The van der Waals surface area contributed by atoms with Gasteiger partial charge in [-0.1, -0.05) is 6.92 Å². The van der Waals surface area contributed by atoms with E-state index >= 15 is 0 Å². The molecule has 114 valence electrons. The van der Waals surface area contributed by atoms with Crippen molar-refractivity contribution in [2.75, 3.05) is 11.9 Å². The summed E-state index contributed by atoms with van der Waals surface area (Å²) in [5.74, 6) is 1.59. The van der Waals surface area contributed by atoms with Gasteiger partial charge in [-0.15, -0.1) is 0 Å². The van der Waals surface area contributed by atoms with E-state index in [2.05, 4.69) is 24.5 Å². The maximum Gasteiger partial charge on any atom is 0.251 e. The van der Waals surface area contributed by atoms with Crippen molar-refractivity contribution in [3.63, 3.8) is 0 Å². The predicted octanol–water partition coefficient (Wildman–Crippen LogP) is 3.74. The molecule has 2 fully saturated rings. The van der Waals surface area contributed by atoms with E-state index in [0.717, 1.165) is 41.6 Å². The van der Waals surface area contributed by atoms with Gasteiger partial charge in [0.15, 0.2) is 0 Å².